The van der Waals surface area contributed by atoms with Crippen molar-refractivity contribution in [1.29, 1.82) is 0 Å². The third-order valence-corrected chi connectivity index (χ3v) is 1.96. The quantitative estimate of drug-likeness (QED) is 0.762. The molecule has 0 unspecified atom stereocenters. The molecule has 15 heavy (non-hydrogen) atoms. The van der Waals surface area contributed by atoms with Gasteiger partial charge in [-0.3, -0.25) is 0 Å². The molecule has 84 valence electrons. The van der Waals surface area contributed by atoms with Crippen LogP contribution in [0.3, 0.4) is 0 Å². The normalized spacial score (nSPS) is 10.2. The van der Waals surface area contributed by atoms with Crippen molar-refractivity contribution in [3.63, 3.8) is 0 Å². The molecule has 0 fully saturated rings. The van der Waals surface area contributed by atoms with Gasteiger partial charge in [-0.1, -0.05) is 13.3 Å². The molecule has 0 aliphatic heterocycles. The maximum Gasteiger partial charge on any atom is 0.255 e. The van der Waals surface area contributed by atoms with Gasteiger partial charge in [0.25, 0.3) is 5.88 Å². The lowest BCUT2D eigenvalue weighted by molar-refractivity contribution is 0.364. The van der Waals surface area contributed by atoms with E-state index in [-0.39, 0.29) is 5.88 Å². The number of halogens is 1. The number of ether oxygens (including phenoxy) is 1. The molecular weight excluding hydrogens is 197 g/mol. The molecule has 0 atom stereocenters. The number of anilines is 1. The van der Waals surface area contributed by atoms with E-state index in [0.29, 0.717) is 18.1 Å². The number of aryl methyl sites for hydroxylation is 1. The van der Waals surface area contributed by atoms with Crippen LogP contribution in [-0.2, 0) is 6.42 Å². The molecule has 0 N–H and O–H groups in total. The standard InChI is InChI=1S/C10H16FN3O/c1-5-6-7-8(11)9(15-4)13-10(12-7)14(2)3/h5-6H2,1-4H3. The van der Waals surface area contributed by atoms with Crippen LogP contribution in [0.2, 0.25) is 0 Å². The number of methoxy groups -OCH3 is 1. The highest BCUT2D eigenvalue weighted by Gasteiger charge is 2.14. The molecule has 0 amide bonds. The summed E-state index contributed by atoms with van der Waals surface area (Å²) in [5.41, 5.74) is 0.410. The summed E-state index contributed by atoms with van der Waals surface area (Å²) in [6, 6.07) is 0. The summed E-state index contributed by atoms with van der Waals surface area (Å²) in [7, 11) is 5.02. The first-order valence-corrected chi connectivity index (χ1v) is 4.87. The lowest BCUT2D eigenvalue weighted by Gasteiger charge is -2.13. The fraction of sp³-hybridized carbons (Fsp3) is 0.600. The van der Waals surface area contributed by atoms with Gasteiger partial charge in [-0.15, -0.1) is 0 Å². The molecule has 0 aliphatic carbocycles. The minimum atomic E-state index is -0.454. The Kier molecular flexibility index (Phi) is 3.82. The van der Waals surface area contributed by atoms with Crippen molar-refractivity contribution in [2.24, 2.45) is 0 Å². The molecule has 1 aromatic heterocycles. The molecule has 0 aromatic carbocycles. The Labute approximate surface area is 89.1 Å². The largest absolute Gasteiger partial charge is 0.479 e. The Morgan fingerprint density at radius 3 is 2.47 bits per heavy atom. The molecule has 0 aliphatic rings. The van der Waals surface area contributed by atoms with E-state index >= 15 is 0 Å². The second-order valence-corrected chi connectivity index (χ2v) is 3.44. The maximum atomic E-state index is 13.6. The van der Waals surface area contributed by atoms with E-state index in [9.17, 15) is 4.39 Å². The Morgan fingerprint density at radius 1 is 1.33 bits per heavy atom. The summed E-state index contributed by atoms with van der Waals surface area (Å²) < 4.78 is 18.5. The molecule has 5 heteroatoms. The van der Waals surface area contributed by atoms with Crippen LogP contribution in [0, 0.1) is 5.82 Å². The SMILES string of the molecule is CCCc1nc(N(C)C)nc(OC)c1F. The Morgan fingerprint density at radius 2 is 2.00 bits per heavy atom. The molecule has 4 nitrogen and oxygen atoms in total. The molecule has 0 spiro atoms. The van der Waals surface area contributed by atoms with Crippen LogP contribution in [0.15, 0.2) is 0 Å². The Bertz CT molecular complexity index is 342. The summed E-state index contributed by atoms with van der Waals surface area (Å²) in [6.45, 7) is 1.98. The van der Waals surface area contributed by atoms with E-state index in [0.717, 1.165) is 6.42 Å². The van der Waals surface area contributed by atoms with Gasteiger partial charge in [-0.05, 0) is 6.42 Å². The van der Waals surface area contributed by atoms with Crippen LogP contribution in [0.1, 0.15) is 19.0 Å². The third-order valence-electron chi connectivity index (χ3n) is 1.96. The summed E-state index contributed by atoms with van der Waals surface area (Å²) in [5, 5.41) is 0. The molecule has 0 saturated heterocycles. The number of hydrogen-bond donors (Lipinski definition) is 0. The first-order valence-electron chi connectivity index (χ1n) is 4.87. The second kappa shape index (κ2) is 4.91. The highest BCUT2D eigenvalue weighted by molar-refractivity contribution is 5.33. The Hall–Kier alpha value is -1.39. The zero-order valence-corrected chi connectivity index (χ0v) is 9.54. The van der Waals surface area contributed by atoms with Crippen molar-refractivity contribution in [3.05, 3.63) is 11.5 Å². The van der Waals surface area contributed by atoms with E-state index < -0.39 is 5.82 Å². The molecule has 1 aromatic rings. The predicted octanol–water partition coefficient (Wildman–Crippen LogP) is 1.64. The topological polar surface area (TPSA) is 38.2 Å². The first-order chi connectivity index (χ1) is 7.10. The van der Waals surface area contributed by atoms with Crippen LogP contribution in [0.5, 0.6) is 5.88 Å². The van der Waals surface area contributed by atoms with Crippen molar-refractivity contribution in [2.75, 3.05) is 26.1 Å². The highest BCUT2D eigenvalue weighted by Crippen LogP contribution is 2.20. The van der Waals surface area contributed by atoms with Gasteiger partial charge in [0.05, 0.1) is 12.8 Å². The molecular formula is C10H16FN3O. The zero-order chi connectivity index (χ0) is 11.4. The minimum Gasteiger partial charge on any atom is -0.479 e. The molecule has 0 bridgehead atoms. The van der Waals surface area contributed by atoms with Crippen LogP contribution >= 0.6 is 0 Å². The Balaban J connectivity index is 3.19. The number of rotatable bonds is 4. The lowest BCUT2D eigenvalue weighted by atomic mass is 10.2. The molecule has 0 radical (unpaired) electrons. The first kappa shape index (κ1) is 11.7. The second-order valence-electron chi connectivity index (χ2n) is 3.44. The number of aromatic nitrogens is 2. The summed E-state index contributed by atoms with van der Waals surface area (Å²) >= 11 is 0. The van der Waals surface area contributed by atoms with E-state index in [4.69, 9.17) is 4.74 Å². The van der Waals surface area contributed by atoms with E-state index in [1.807, 2.05) is 21.0 Å². The van der Waals surface area contributed by atoms with Gasteiger partial charge in [-0.2, -0.15) is 9.37 Å². The summed E-state index contributed by atoms with van der Waals surface area (Å²) in [6.07, 6.45) is 1.43. The third kappa shape index (κ3) is 2.55. The fourth-order valence-electron chi connectivity index (χ4n) is 1.20. The molecule has 0 saturated carbocycles. The van der Waals surface area contributed by atoms with Gasteiger partial charge in [0.15, 0.2) is 0 Å². The van der Waals surface area contributed by atoms with Crippen molar-refractivity contribution in [2.45, 2.75) is 19.8 Å². The van der Waals surface area contributed by atoms with Gasteiger partial charge >= 0.3 is 0 Å². The van der Waals surface area contributed by atoms with Crippen molar-refractivity contribution in [3.8, 4) is 5.88 Å². The van der Waals surface area contributed by atoms with Gasteiger partial charge in [-0.25, -0.2) is 4.98 Å². The number of nitrogens with zero attached hydrogens (tertiary/aromatic N) is 3. The molecule has 1 heterocycles. The van der Waals surface area contributed by atoms with Crippen LogP contribution in [0.25, 0.3) is 0 Å². The molecule has 1 rings (SSSR count). The monoisotopic (exact) mass is 213 g/mol. The average Bonchev–Trinajstić information content (AvgIpc) is 2.21. The van der Waals surface area contributed by atoms with Gasteiger partial charge < -0.3 is 9.64 Å². The fourth-order valence-corrected chi connectivity index (χ4v) is 1.20. The highest BCUT2D eigenvalue weighted by atomic mass is 19.1. The summed E-state index contributed by atoms with van der Waals surface area (Å²) in [4.78, 5) is 9.80. The van der Waals surface area contributed by atoms with Gasteiger partial charge in [0.1, 0.15) is 0 Å². The minimum absolute atomic E-state index is 0.0113. The van der Waals surface area contributed by atoms with Crippen LogP contribution < -0.4 is 9.64 Å². The van der Waals surface area contributed by atoms with Gasteiger partial charge in [0, 0.05) is 14.1 Å². The van der Waals surface area contributed by atoms with Crippen molar-refractivity contribution < 1.29 is 9.13 Å². The van der Waals surface area contributed by atoms with Crippen LogP contribution in [0.4, 0.5) is 10.3 Å². The number of hydrogen-bond acceptors (Lipinski definition) is 4. The predicted molar refractivity (Wildman–Crippen MR) is 56.9 cm³/mol. The van der Waals surface area contributed by atoms with E-state index in [1.165, 1.54) is 7.11 Å². The van der Waals surface area contributed by atoms with Gasteiger partial charge in [0.2, 0.25) is 11.8 Å². The van der Waals surface area contributed by atoms with Crippen molar-refractivity contribution in [1.82, 2.24) is 9.97 Å². The zero-order valence-electron chi connectivity index (χ0n) is 9.54. The smallest absolute Gasteiger partial charge is 0.255 e. The van der Waals surface area contributed by atoms with Crippen molar-refractivity contribution >= 4 is 5.95 Å². The van der Waals surface area contributed by atoms with Crippen LogP contribution in [-0.4, -0.2) is 31.2 Å². The van der Waals surface area contributed by atoms with E-state index in [2.05, 4.69) is 9.97 Å². The lowest BCUT2D eigenvalue weighted by Crippen LogP contribution is -2.15. The summed E-state index contributed by atoms with van der Waals surface area (Å²) in [5.74, 6) is 0.0267. The van der Waals surface area contributed by atoms with E-state index in [1.54, 1.807) is 4.90 Å². The maximum absolute atomic E-state index is 13.6. The average molecular weight is 213 g/mol.